The van der Waals surface area contributed by atoms with Crippen LogP contribution in [-0.2, 0) is 4.79 Å². The third kappa shape index (κ3) is 4.04. The van der Waals surface area contributed by atoms with Crippen LogP contribution < -0.4 is 20.1 Å². The summed E-state index contributed by atoms with van der Waals surface area (Å²) in [5, 5.41) is 6.55. The summed E-state index contributed by atoms with van der Waals surface area (Å²) in [4.78, 5) is 27.9. The molecule has 0 aliphatic rings. The highest BCUT2D eigenvalue weighted by Crippen LogP contribution is 2.27. The molecule has 3 rings (SSSR count). The van der Waals surface area contributed by atoms with Gasteiger partial charge in [0.1, 0.15) is 23.2 Å². The molecule has 0 spiro atoms. The number of carbonyl (C=O) groups excluding carboxylic acids is 2. The van der Waals surface area contributed by atoms with Crippen molar-refractivity contribution in [3.63, 3.8) is 0 Å². The van der Waals surface area contributed by atoms with Gasteiger partial charge in [-0.25, -0.2) is 0 Å². The fraction of sp³-hybridized carbons (Fsp3) is 0.200. The van der Waals surface area contributed by atoms with Gasteiger partial charge in [0.2, 0.25) is 5.91 Å². The normalized spacial score (nSPS) is 11.7. The molecule has 3 N–H and O–H groups in total. The van der Waals surface area contributed by atoms with Crippen molar-refractivity contribution >= 4 is 40.0 Å². The molecule has 7 nitrogen and oxygen atoms in total. The van der Waals surface area contributed by atoms with E-state index < -0.39 is 11.9 Å². The molecule has 0 saturated carbocycles. The van der Waals surface area contributed by atoms with Crippen LogP contribution in [0.15, 0.2) is 42.5 Å². The Morgan fingerprint density at radius 1 is 1.07 bits per heavy atom. The van der Waals surface area contributed by atoms with Crippen LogP contribution in [0.3, 0.4) is 0 Å². The quantitative estimate of drug-likeness (QED) is 0.588. The first-order chi connectivity index (χ1) is 13.4. The summed E-state index contributed by atoms with van der Waals surface area (Å²) < 4.78 is 10.4. The minimum absolute atomic E-state index is 0.339. The molecule has 8 heteroatoms. The van der Waals surface area contributed by atoms with Gasteiger partial charge < -0.3 is 25.1 Å². The Morgan fingerprint density at radius 3 is 2.50 bits per heavy atom. The molecule has 0 saturated heterocycles. The number of ether oxygens (including phenoxy) is 2. The van der Waals surface area contributed by atoms with Gasteiger partial charge in [-0.3, -0.25) is 9.59 Å². The zero-order valence-corrected chi connectivity index (χ0v) is 16.4. The van der Waals surface area contributed by atoms with E-state index >= 15 is 0 Å². The van der Waals surface area contributed by atoms with Crippen molar-refractivity contribution in [1.82, 2.24) is 10.3 Å². The maximum Gasteiger partial charge on any atom is 0.268 e. The average molecular weight is 402 g/mol. The molecule has 2 amide bonds. The zero-order valence-electron chi connectivity index (χ0n) is 15.6. The highest BCUT2D eigenvalue weighted by molar-refractivity contribution is 6.32. The third-order valence-electron chi connectivity index (χ3n) is 4.25. The highest BCUT2D eigenvalue weighted by Gasteiger charge is 2.19. The van der Waals surface area contributed by atoms with Crippen LogP contribution in [0, 0.1) is 0 Å². The summed E-state index contributed by atoms with van der Waals surface area (Å²) in [5.74, 6) is 0.405. The summed E-state index contributed by atoms with van der Waals surface area (Å²) in [6.07, 6.45) is 0. The molecular weight excluding hydrogens is 382 g/mol. The smallest absolute Gasteiger partial charge is 0.268 e. The lowest BCUT2D eigenvalue weighted by atomic mass is 10.2. The Labute approximate surface area is 167 Å². The first kappa shape index (κ1) is 19.6. The summed E-state index contributed by atoms with van der Waals surface area (Å²) in [6, 6.07) is 11.3. The lowest BCUT2D eigenvalue weighted by molar-refractivity contribution is -0.117. The first-order valence-corrected chi connectivity index (χ1v) is 8.91. The molecule has 0 fully saturated rings. The molecule has 1 aromatic heterocycles. The van der Waals surface area contributed by atoms with E-state index in [1.54, 1.807) is 38.3 Å². The predicted molar refractivity (Wildman–Crippen MR) is 108 cm³/mol. The number of benzene rings is 2. The topological polar surface area (TPSA) is 92.5 Å². The second kappa shape index (κ2) is 8.22. The molecule has 3 aromatic rings. The number of anilines is 1. The van der Waals surface area contributed by atoms with Gasteiger partial charge in [-0.05, 0) is 43.3 Å². The monoisotopic (exact) mass is 401 g/mol. The van der Waals surface area contributed by atoms with Gasteiger partial charge in [0.05, 0.1) is 19.2 Å². The van der Waals surface area contributed by atoms with Crippen LogP contribution in [0.25, 0.3) is 10.9 Å². The Morgan fingerprint density at radius 2 is 1.82 bits per heavy atom. The Kier molecular flexibility index (Phi) is 5.75. The molecule has 0 aliphatic heterocycles. The second-order valence-electron chi connectivity index (χ2n) is 6.14. The van der Waals surface area contributed by atoms with E-state index in [1.807, 2.05) is 18.2 Å². The number of carbonyl (C=O) groups is 2. The number of halogens is 1. The van der Waals surface area contributed by atoms with Gasteiger partial charge in [-0.15, -0.1) is 0 Å². The summed E-state index contributed by atoms with van der Waals surface area (Å²) in [7, 11) is 3.08. The van der Waals surface area contributed by atoms with Crippen molar-refractivity contribution in [3.8, 4) is 11.5 Å². The molecule has 28 heavy (non-hydrogen) atoms. The molecule has 1 atom stereocenters. The Bertz CT molecular complexity index is 1030. The number of hydrogen-bond donors (Lipinski definition) is 3. The van der Waals surface area contributed by atoms with Gasteiger partial charge in [-0.2, -0.15) is 0 Å². The number of amides is 2. The second-order valence-corrected chi connectivity index (χ2v) is 6.55. The van der Waals surface area contributed by atoms with Crippen LogP contribution in [-0.4, -0.2) is 37.1 Å². The van der Waals surface area contributed by atoms with Crippen molar-refractivity contribution in [1.29, 1.82) is 0 Å². The number of nitrogens with one attached hydrogen (secondary N) is 3. The SMILES string of the molecule is COc1ccc(NC(=O)[C@H](C)NC(=O)c2cc3c(OC)cccc3[nH]2)cc1Cl. The standard InChI is InChI=1S/C20H20ClN3O4/c1-11(19(25)23-12-7-8-18(28-3)14(21)9-12)22-20(26)16-10-13-15(24-16)5-4-6-17(13)27-2/h4-11,24H,1-3H3,(H,22,26)(H,23,25)/t11-/m0/s1. The number of methoxy groups -OCH3 is 2. The Balaban J connectivity index is 1.68. The van der Waals surface area contributed by atoms with Crippen LogP contribution in [0.5, 0.6) is 11.5 Å². The lowest BCUT2D eigenvalue weighted by Gasteiger charge is -2.14. The van der Waals surface area contributed by atoms with E-state index in [-0.39, 0.29) is 5.91 Å². The van der Waals surface area contributed by atoms with Crippen molar-refractivity contribution in [2.24, 2.45) is 0 Å². The summed E-state index contributed by atoms with van der Waals surface area (Å²) in [5.41, 5.74) is 1.62. The maximum absolute atomic E-state index is 12.5. The van der Waals surface area contributed by atoms with E-state index in [1.165, 1.54) is 7.11 Å². The van der Waals surface area contributed by atoms with Crippen molar-refractivity contribution in [2.75, 3.05) is 19.5 Å². The van der Waals surface area contributed by atoms with E-state index in [4.69, 9.17) is 21.1 Å². The minimum atomic E-state index is -0.762. The number of fused-ring (bicyclic) bond motifs is 1. The van der Waals surface area contributed by atoms with Crippen molar-refractivity contribution in [3.05, 3.63) is 53.2 Å². The molecule has 0 bridgehead atoms. The lowest BCUT2D eigenvalue weighted by Crippen LogP contribution is -2.41. The van der Waals surface area contributed by atoms with Gasteiger partial charge in [0.15, 0.2) is 0 Å². The fourth-order valence-electron chi connectivity index (χ4n) is 2.76. The summed E-state index contributed by atoms with van der Waals surface area (Å²) >= 11 is 6.06. The van der Waals surface area contributed by atoms with Crippen LogP contribution in [0.2, 0.25) is 5.02 Å². The van der Waals surface area contributed by atoms with Crippen molar-refractivity contribution in [2.45, 2.75) is 13.0 Å². The fourth-order valence-corrected chi connectivity index (χ4v) is 3.02. The van der Waals surface area contributed by atoms with Gasteiger partial charge in [-0.1, -0.05) is 17.7 Å². The molecule has 0 radical (unpaired) electrons. The molecular formula is C20H20ClN3O4. The van der Waals surface area contributed by atoms with E-state index in [0.29, 0.717) is 27.9 Å². The van der Waals surface area contributed by atoms with E-state index in [0.717, 1.165) is 10.9 Å². The minimum Gasteiger partial charge on any atom is -0.496 e. The predicted octanol–water partition coefficient (Wildman–Crippen LogP) is 3.60. The third-order valence-corrected chi connectivity index (χ3v) is 4.54. The Hall–Kier alpha value is -3.19. The van der Waals surface area contributed by atoms with Crippen LogP contribution in [0.4, 0.5) is 5.69 Å². The zero-order chi connectivity index (χ0) is 20.3. The van der Waals surface area contributed by atoms with Crippen LogP contribution >= 0.6 is 11.6 Å². The molecule has 2 aromatic carbocycles. The van der Waals surface area contributed by atoms with Gasteiger partial charge in [0.25, 0.3) is 5.91 Å². The highest BCUT2D eigenvalue weighted by atomic mass is 35.5. The van der Waals surface area contributed by atoms with Crippen LogP contribution in [0.1, 0.15) is 17.4 Å². The number of aromatic amines is 1. The van der Waals surface area contributed by atoms with E-state index in [9.17, 15) is 9.59 Å². The van der Waals surface area contributed by atoms with Gasteiger partial charge in [0, 0.05) is 16.6 Å². The maximum atomic E-state index is 12.5. The average Bonchev–Trinajstić information content (AvgIpc) is 3.12. The van der Waals surface area contributed by atoms with Crippen molar-refractivity contribution < 1.29 is 19.1 Å². The number of H-pyrrole nitrogens is 1. The number of aromatic nitrogens is 1. The van der Waals surface area contributed by atoms with Gasteiger partial charge >= 0.3 is 0 Å². The number of rotatable bonds is 6. The molecule has 1 heterocycles. The number of hydrogen-bond acceptors (Lipinski definition) is 4. The molecule has 146 valence electrons. The molecule has 0 aliphatic carbocycles. The first-order valence-electron chi connectivity index (χ1n) is 8.54. The molecule has 0 unspecified atom stereocenters. The summed E-state index contributed by atoms with van der Waals surface area (Å²) in [6.45, 7) is 1.60. The van der Waals surface area contributed by atoms with E-state index in [2.05, 4.69) is 15.6 Å². The largest absolute Gasteiger partial charge is 0.496 e.